The summed E-state index contributed by atoms with van der Waals surface area (Å²) in [5, 5.41) is 12.6. The number of nitrogens with zero attached hydrogens (tertiary/aromatic N) is 1. The Hall–Kier alpha value is -1.29. The molecule has 5 heteroatoms. The van der Waals surface area contributed by atoms with Gasteiger partial charge in [0, 0.05) is 12.2 Å². The normalized spacial score (nSPS) is 29.5. The minimum absolute atomic E-state index is 0.124. The molecule has 3 rings (SSSR count). The summed E-state index contributed by atoms with van der Waals surface area (Å²) < 4.78 is 0. The van der Waals surface area contributed by atoms with Gasteiger partial charge in [-0.15, -0.1) is 0 Å². The van der Waals surface area contributed by atoms with Gasteiger partial charge in [-0.05, 0) is 37.2 Å². The summed E-state index contributed by atoms with van der Waals surface area (Å²) in [6, 6.07) is 1.90. The molecule has 2 saturated carbocycles. The van der Waals surface area contributed by atoms with Crippen LogP contribution >= 0.6 is 11.6 Å². The number of hydrogen-bond acceptors (Lipinski definition) is 3. The fourth-order valence-electron chi connectivity index (χ4n) is 3.26. The number of carboxylic acids is 1. The van der Waals surface area contributed by atoms with Crippen LogP contribution in [0.1, 0.15) is 36.0 Å². The number of halogens is 1. The number of carbonyl (C=O) groups is 1. The summed E-state index contributed by atoms with van der Waals surface area (Å²) in [6.45, 7) is 0. The maximum absolute atomic E-state index is 10.8. The molecule has 2 aliphatic rings. The number of hydrogen-bond donors (Lipinski definition) is 2. The van der Waals surface area contributed by atoms with E-state index in [2.05, 4.69) is 10.3 Å². The van der Waals surface area contributed by atoms with Crippen LogP contribution in [0.2, 0.25) is 5.02 Å². The van der Waals surface area contributed by atoms with Crippen molar-refractivity contribution in [2.24, 2.45) is 11.8 Å². The first-order valence-corrected chi connectivity index (χ1v) is 6.66. The first-order valence-electron chi connectivity index (χ1n) is 6.29. The van der Waals surface area contributed by atoms with Gasteiger partial charge in [0.25, 0.3) is 0 Å². The second kappa shape index (κ2) is 4.43. The molecule has 3 atom stereocenters. The fraction of sp³-hybridized carbons (Fsp3) is 0.538. The number of nitrogens with one attached hydrogen (secondary N) is 1. The molecular weight excluding hydrogens is 252 g/mol. The Labute approximate surface area is 110 Å². The minimum Gasteiger partial charge on any atom is -0.478 e. The summed E-state index contributed by atoms with van der Waals surface area (Å²) >= 11 is 6.07. The number of rotatable bonds is 3. The van der Waals surface area contributed by atoms with E-state index in [-0.39, 0.29) is 5.56 Å². The Morgan fingerprint density at radius 3 is 2.83 bits per heavy atom. The number of fused-ring (bicyclic) bond motifs is 2. The van der Waals surface area contributed by atoms with Crippen molar-refractivity contribution in [3.05, 3.63) is 22.8 Å². The average molecular weight is 267 g/mol. The molecule has 0 aromatic carbocycles. The average Bonchev–Trinajstić information content (AvgIpc) is 2.93. The van der Waals surface area contributed by atoms with E-state index in [1.807, 2.05) is 0 Å². The molecule has 3 unspecified atom stereocenters. The molecule has 0 saturated heterocycles. The van der Waals surface area contributed by atoms with Crippen molar-refractivity contribution in [1.82, 2.24) is 4.98 Å². The van der Waals surface area contributed by atoms with Gasteiger partial charge in [-0.2, -0.15) is 0 Å². The number of aromatic nitrogens is 1. The predicted octanol–water partition coefficient (Wildman–Crippen LogP) is 3.03. The van der Waals surface area contributed by atoms with Crippen molar-refractivity contribution in [2.75, 3.05) is 5.32 Å². The van der Waals surface area contributed by atoms with E-state index in [4.69, 9.17) is 16.7 Å². The number of carboxylic acid groups (broad SMARTS) is 1. The van der Waals surface area contributed by atoms with Crippen LogP contribution in [0, 0.1) is 11.8 Å². The fourth-order valence-corrected chi connectivity index (χ4v) is 3.48. The second-order valence-electron chi connectivity index (χ2n) is 5.29. The summed E-state index contributed by atoms with van der Waals surface area (Å²) in [5.74, 6) is 1.19. The zero-order valence-electron chi connectivity index (χ0n) is 9.90. The van der Waals surface area contributed by atoms with Crippen LogP contribution in [0.15, 0.2) is 12.3 Å². The quantitative estimate of drug-likeness (QED) is 0.883. The molecule has 4 nitrogen and oxygen atoms in total. The Kier molecular flexibility index (Phi) is 2.90. The molecule has 0 radical (unpaired) electrons. The first-order chi connectivity index (χ1) is 8.63. The lowest BCUT2D eigenvalue weighted by molar-refractivity contribution is 0.0696. The van der Waals surface area contributed by atoms with Crippen molar-refractivity contribution >= 4 is 23.4 Å². The van der Waals surface area contributed by atoms with E-state index < -0.39 is 5.97 Å². The molecule has 1 aromatic rings. The summed E-state index contributed by atoms with van der Waals surface area (Å²) in [7, 11) is 0. The highest BCUT2D eigenvalue weighted by atomic mass is 35.5. The van der Waals surface area contributed by atoms with Crippen LogP contribution in [0.25, 0.3) is 0 Å². The number of aromatic carboxylic acids is 1. The molecular formula is C13H15ClN2O2. The van der Waals surface area contributed by atoms with Gasteiger partial charge in [0.1, 0.15) is 5.82 Å². The lowest BCUT2D eigenvalue weighted by atomic mass is 9.95. The van der Waals surface area contributed by atoms with Crippen LogP contribution in [-0.2, 0) is 0 Å². The predicted molar refractivity (Wildman–Crippen MR) is 69.1 cm³/mol. The Bertz CT molecular complexity index is 492. The number of anilines is 1. The standard InChI is InChI=1S/C13H15ClN2O2/c14-10-5-9(13(17)18)6-15-12(10)16-11-4-7-1-2-8(11)3-7/h5-8,11H,1-4H2,(H,15,16)(H,17,18). The van der Waals surface area contributed by atoms with Gasteiger partial charge in [0.15, 0.2) is 0 Å². The van der Waals surface area contributed by atoms with Crippen molar-refractivity contribution in [3.63, 3.8) is 0 Å². The van der Waals surface area contributed by atoms with Crippen LogP contribution < -0.4 is 5.32 Å². The maximum Gasteiger partial charge on any atom is 0.337 e. The van der Waals surface area contributed by atoms with Crippen LogP contribution in [0.3, 0.4) is 0 Å². The van der Waals surface area contributed by atoms with E-state index in [1.165, 1.54) is 37.9 Å². The topological polar surface area (TPSA) is 62.2 Å². The SMILES string of the molecule is O=C(O)c1cnc(NC2CC3CCC2C3)c(Cl)c1. The first kappa shape index (κ1) is 11.8. The zero-order chi connectivity index (χ0) is 12.7. The van der Waals surface area contributed by atoms with E-state index in [0.29, 0.717) is 16.9 Å². The van der Waals surface area contributed by atoms with Gasteiger partial charge >= 0.3 is 5.97 Å². The third-order valence-electron chi connectivity index (χ3n) is 4.15. The molecule has 1 heterocycles. The van der Waals surface area contributed by atoms with Crippen LogP contribution in [-0.4, -0.2) is 22.1 Å². The van der Waals surface area contributed by atoms with Gasteiger partial charge in [-0.25, -0.2) is 9.78 Å². The largest absolute Gasteiger partial charge is 0.478 e. The van der Waals surface area contributed by atoms with Gasteiger partial charge < -0.3 is 10.4 Å². The van der Waals surface area contributed by atoms with Crippen molar-refractivity contribution < 1.29 is 9.90 Å². The highest BCUT2D eigenvalue weighted by Gasteiger charge is 2.39. The minimum atomic E-state index is -1.00. The second-order valence-corrected chi connectivity index (χ2v) is 5.69. The zero-order valence-corrected chi connectivity index (χ0v) is 10.7. The monoisotopic (exact) mass is 266 g/mol. The van der Waals surface area contributed by atoms with E-state index in [0.717, 1.165) is 11.8 Å². The highest BCUT2D eigenvalue weighted by Crippen LogP contribution is 2.45. The Balaban J connectivity index is 1.75. The lowest BCUT2D eigenvalue weighted by Crippen LogP contribution is -2.26. The third-order valence-corrected chi connectivity index (χ3v) is 4.44. The Morgan fingerprint density at radius 1 is 1.44 bits per heavy atom. The van der Waals surface area contributed by atoms with Crippen molar-refractivity contribution in [1.29, 1.82) is 0 Å². The lowest BCUT2D eigenvalue weighted by Gasteiger charge is -2.23. The molecule has 0 aliphatic heterocycles. The van der Waals surface area contributed by atoms with Gasteiger partial charge in [0.05, 0.1) is 10.6 Å². The third kappa shape index (κ3) is 2.05. The van der Waals surface area contributed by atoms with E-state index >= 15 is 0 Å². The van der Waals surface area contributed by atoms with Gasteiger partial charge in [-0.1, -0.05) is 18.0 Å². The summed E-state index contributed by atoms with van der Waals surface area (Å²) in [6.07, 6.45) is 6.48. The van der Waals surface area contributed by atoms with Crippen LogP contribution in [0.5, 0.6) is 0 Å². The number of pyridine rings is 1. The van der Waals surface area contributed by atoms with Gasteiger partial charge in [0.2, 0.25) is 0 Å². The molecule has 96 valence electrons. The van der Waals surface area contributed by atoms with Crippen LogP contribution in [0.4, 0.5) is 5.82 Å². The molecule has 2 N–H and O–H groups in total. The smallest absolute Gasteiger partial charge is 0.337 e. The van der Waals surface area contributed by atoms with Crippen molar-refractivity contribution in [2.45, 2.75) is 31.7 Å². The van der Waals surface area contributed by atoms with Crippen molar-refractivity contribution in [3.8, 4) is 0 Å². The molecule has 2 aliphatic carbocycles. The molecule has 0 spiro atoms. The van der Waals surface area contributed by atoms with E-state index in [9.17, 15) is 4.79 Å². The summed E-state index contributed by atoms with van der Waals surface area (Å²) in [5.41, 5.74) is 0.124. The van der Waals surface area contributed by atoms with E-state index in [1.54, 1.807) is 0 Å². The Morgan fingerprint density at radius 2 is 2.28 bits per heavy atom. The molecule has 1 aromatic heterocycles. The molecule has 2 fully saturated rings. The maximum atomic E-state index is 10.8. The molecule has 0 amide bonds. The highest BCUT2D eigenvalue weighted by molar-refractivity contribution is 6.33. The molecule has 2 bridgehead atoms. The molecule has 18 heavy (non-hydrogen) atoms. The van der Waals surface area contributed by atoms with Gasteiger partial charge in [-0.3, -0.25) is 0 Å². The summed E-state index contributed by atoms with van der Waals surface area (Å²) in [4.78, 5) is 14.9.